The normalized spacial score (nSPS) is 11.2. The highest BCUT2D eigenvalue weighted by atomic mass is 19.2. The van der Waals surface area contributed by atoms with E-state index in [0.29, 0.717) is 6.54 Å². The lowest BCUT2D eigenvalue weighted by molar-refractivity contribution is -0.115. The molecular weight excluding hydrogens is 510 g/mol. The summed E-state index contributed by atoms with van der Waals surface area (Å²) in [7, 11) is 1.72. The molecule has 0 fully saturated rings. The predicted molar refractivity (Wildman–Crippen MR) is 163 cm³/mol. The third-order valence-corrected chi connectivity index (χ3v) is 5.62. The van der Waals surface area contributed by atoms with Gasteiger partial charge in [-0.05, 0) is 78.1 Å². The minimum Gasteiger partial charge on any atom is -0.334 e. The lowest BCUT2D eigenvalue weighted by Crippen LogP contribution is -2.43. The molecule has 3 N–H and O–H groups in total. The summed E-state index contributed by atoms with van der Waals surface area (Å²) >= 11 is 0. The van der Waals surface area contributed by atoms with Crippen molar-refractivity contribution in [1.29, 1.82) is 0 Å². The van der Waals surface area contributed by atoms with Crippen LogP contribution in [0.4, 0.5) is 13.6 Å². The third-order valence-electron chi connectivity index (χ3n) is 5.62. The van der Waals surface area contributed by atoms with Crippen molar-refractivity contribution < 1.29 is 18.4 Å². The van der Waals surface area contributed by atoms with Gasteiger partial charge in [-0.2, -0.15) is 0 Å². The molecule has 0 aliphatic heterocycles. The van der Waals surface area contributed by atoms with Crippen LogP contribution in [0.15, 0.2) is 65.2 Å². The second-order valence-corrected chi connectivity index (χ2v) is 9.68. The molecule has 2 aromatic rings. The van der Waals surface area contributed by atoms with Crippen molar-refractivity contribution in [3.63, 3.8) is 0 Å². The number of halogens is 2. The summed E-state index contributed by atoms with van der Waals surface area (Å²) in [6.45, 7) is 12.7. The molecule has 2 rings (SSSR count). The Hall–Kier alpha value is -3.39. The van der Waals surface area contributed by atoms with Crippen LogP contribution in [-0.4, -0.2) is 48.6 Å². The van der Waals surface area contributed by atoms with E-state index in [1.54, 1.807) is 11.9 Å². The number of nitrogens with one attached hydrogen (secondary N) is 1. The Morgan fingerprint density at radius 2 is 1.62 bits per heavy atom. The first-order valence-electron chi connectivity index (χ1n) is 13.8. The summed E-state index contributed by atoms with van der Waals surface area (Å²) < 4.78 is 26.6. The molecule has 0 spiro atoms. The molecule has 2 amide bonds. The second kappa shape index (κ2) is 21.4. The monoisotopic (exact) mass is 558 g/mol. The molecule has 2 aromatic carbocycles. The summed E-state index contributed by atoms with van der Waals surface area (Å²) in [6, 6.07) is 14.0. The van der Waals surface area contributed by atoms with Gasteiger partial charge in [0.25, 0.3) is 0 Å². The topological polar surface area (TPSA) is 87.8 Å². The molecule has 1 atom stereocenters. The second-order valence-electron chi connectivity index (χ2n) is 9.68. The minimum atomic E-state index is -0.916. The first-order valence-corrected chi connectivity index (χ1v) is 13.8. The summed E-state index contributed by atoms with van der Waals surface area (Å²) in [5, 5.41) is 2.63. The van der Waals surface area contributed by atoms with E-state index in [4.69, 9.17) is 5.73 Å². The largest absolute Gasteiger partial charge is 0.334 e. The Kier molecular flexibility index (Phi) is 19.6. The average Bonchev–Trinajstić information content (AvgIpc) is 2.91. The highest BCUT2D eigenvalue weighted by Gasteiger charge is 2.18. The Morgan fingerprint density at radius 3 is 2.15 bits per heavy atom. The minimum absolute atomic E-state index is 0.0357. The van der Waals surface area contributed by atoms with Gasteiger partial charge in [0.1, 0.15) is 5.78 Å². The molecule has 0 aromatic heterocycles. The van der Waals surface area contributed by atoms with Gasteiger partial charge < -0.3 is 20.7 Å². The van der Waals surface area contributed by atoms with E-state index in [1.807, 2.05) is 25.1 Å². The number of carbonyl (C=O) groups is 2. The van der Waals surface area contributed by atoms with Crippen molar-refractivity contribution in [2.75, 3.05) is 20.1 Å². The van der Waals surface area contributed by atoms with Crippen LogP contribution in [0.2, 0.25) is 0 Å². The highest BCUT2D eigenvalue weighted by Crippen LogP contribution is 2.13. The standard InChI is InChI=1S/C16H25F2N3O.C13H17N.C3H6O/c1-3-13(8-4-5-10-19)21(2)16(22)20-11-12-7-6-9-14(17)15(12)18;1-4-14-13(10-11(2)3)12-8-6-5-7-9-12;1-3(2)4/h6-7,9,13H,3-5,8,10-11,19H2,1-2H3,(H,20,22);5-10H,4H2,1-3H3;1-2H3. The number of nitrogens with zero attached hydrogens (tertiary/aromatic N) is 2. The van der Waals surface area contributed by atoms with E-state index in [9.17, 15) is 18.4 Å². The third kappa shape index (κ3) is 15.9. The molecule has 0 aliphatic carbocycles. The van der Waals surface area contributed by atoms with E-state index in [1.165, 1.54) is 37.1 Å². The van der Waals surface area contributed by atoms with E-state index >= 15 is 0 Å². The Labute approximate surface area is 239 Å². The van der Waals surface area contributed by atoms with Crippen LogP contribution in [0, 0.1) is 11.6 Å². The number of ketones is 1. The number of aliphatic imine (C=N–C) groups is 1. The maximum absolute atomic E-state index is 13.5. The quantitative estimate of drug-likeness (QED) is 0.228. The van der Waals surface area contributed by atoms with Crippen molar-refractivity contribution in [3.8, 4) is 0 Å². The van der Waals surface area contributed by atoms with Crippen molar-refractivity contribution >= 4 is 17.5 Å². The number of amides is 2. The van der Waals surface area contributed by atoms with E-state index in [-0.39, 0.29) is 30.0 Å². The number of benzene rings is 2. The molecule has 0 saturated carbocycles. The van der Waals surface area contributed by atoms with Crippen LogP contribution >= 0.6 is 0 Å². The van der Waals surface area contributed by atoms with Gasteiger partial charge in [0, 0.05) is 31.7 Å². The lowest BCUT2D eigenvalue weighted by atomic mass is 10.1. The Balaban J connectivity index is 0.000000719. The zero-order valence-electron chi connectivity index (χ0n) is 25.3. The summed E-state index contributed by atoms with van der Waals surface area (Å²) in [5.74, 6) is -1.66. The molecule has 1 unspecified atom stereocenters. The summed E-state index contributed by atoms with van der Waals surface area (Å²) in [6.07, 6.45) is 5.74. The highest BCUT2D eigenvalue weighted by molar-refractivity contribution is 6.08. The summed E-state index contributed by atoms with van der Waals surface area (Å²) in [5.41, 5.74) is 9.15. The molecule has 6 nitrogen and oxygen atoms in total. The fourth-order valence-corrected chi connectivity index (χ4v) is 3.62. The molecule has 0 radical (unpaired) electrons. The smallest absolute Gasteiger partial charge is 0.317 e. The van der Waals surface area contributed by atoms with Gasteiger partial charge >= 0.3 is 6.03 Å². The van der Waals surface area contributed by atoms with Gasteiger partial charge in [-0.3, -0.25) is 4.99 Å². The van der Waals surface area contributed by atoms with Crippen LogP contribution in [-0.2, 0) is 11.3 Å². The van der Waals surface area contributed by atoms with Gasteiger partial charge in [-0.1, -0.05) is 61.4 Å². The number of rotatable bonds is 11. The predicted octanol–water partition coefficient (Wildman–Crippen LogP) is 7.07. The number of carbonyl (C=O) groups excluding carboxylic acids is 2. The van der Waals surface area contributed by atoms with Crippen LogP contribution in [0.3, 0.4) is 0 Å². The first-order chi connectivity index (χ1) is 19.0. The van der Waals surface area contributed by atoms with Gasteiger partial charge in [0.2, 0.25) is 0 Å². The number of Topliss-reactive ketones (excluding diaryl/α,β-unsaturated/α-hetero) is 1. The zero-order chi connectivity index (χ0) is 30.5. The van der Waals surface area contributed by atoms with E-state index < -0.39 is 11.6 Å². The van der Waals surface area contributed by atoms with Crippen LogP contribution < -0.4 is 11.1 Å². The Morgan fingerprint density at radius 1 is 1.00 bits per heavy atom. The van der Waals surface area contributed by atoms with Crippen LogP contribution in [0.5, 0.6) is 0 Å². The van der Waals surface area contributed by atoms with Crippen LogP contribution in [0.25, 0.3) is 0 Å². The molecule has 0 saturated heterocycles. The first kappa shape index (κ1) is 36.6. The molecule has 0 heterocycles. The van der Waals surface area contributed by atoms with E-state index in [2.05, 4.69) is 49.3 Å². The molecular formula is C32H48F2N4O2. The molecule has 0 aliphatic rings. The zero-order valence-corrected chi connectivity index (χ0v) is 25.3. The number of allylic oxidation sites excluding steroid dienone is 2. The van der Waals surface area contributed by atoms with Gasteiger partial charge in [-0.15, -0.1) is 0 Å². The van der Waals surface area contributed by atoms with Crippen molar-refractivity contribution in [2.24, 2.45) is 10.7 Å². The molecule has 8 heteroatoms. The number of urea groups is 1. The number of nitrogens with two attached hydrogens (primary N) is 1. The number of hydrogen-bond acceptors (Lipinski definition) is 4. The Bertz CT molecular complexity index is 1060. The van der Waals surface area contributed by atoms with Crippen molar-refractivity contribution in [1.82, 2.24) is 10.2 Å². The number of unbranched alkanes of at least 4 members (excludes halogenated alkanes) is 1. The van der Waals surface area contributed by atoms with Crippen molar-refractivity contribution in [3.05, 3.63) is 82.9 Å². The van der Waals surface area contributed by atoms with Gasteiger partial charge in [-0.25, -0.2) is 13.6 Å². The van der Waals surface area contributed by atoms with E-state index in [0.717, 1.165) is 44.0 Å². The van der Waals surface area contributed by atoms with Gasteiger partial charge in [0.15, 0.2) is 11.6 Å². The maximum Gasteiger partial charge on any atom is 0.317 e. The fraction of sp³-hybridized carbons (Fsp3) is 0.469. The average molecular weight is 559 g/mol. The van der Waals surface area contributed by atoms with Crippen molar-refractivity contribution in [2.45, 2.75) is 79.8 Å². The number of hydrogen-bond donors (Lipinski definition) is 2. The summed E-state index contributed by atoms with van der Waals surface area (Å²) in [4.78, 5) is 27.7. The van der Waals surface area contributed by atoms with Gasteiger partial charge in [0.05, 0.1) is 5.71 Å². The SMILES string of the molecule is CC(C)=O.CCC(CCCCN)N(C)C(=O)NCc1cccc(F)c1F.CCN=C(C=C(C)C)c1ccccc1. The molecule has 222 valence electrons. The van der Waals surface area contributed by atoms with Crippen LogP contribution in [0.1, 0.15) is 78.4 Å². The fourth-order valence-electron chi connectivity index (χ4n) is 3.62. The molecule has 0 bridgehead atoms. The maximum atomic E-state index is 13.5. The lowest BCUT2D eigenvalue weighted by Gasteiger charge is -2.27. The molecule has 40 heavy (non-hydrogen) atoms.